The molecule has 0 spiro atoms. The number of nitrogens with zero attached hydrogens (tertiary/aromatic N) is 6. The van der Waals surface area contributed by atoms with Gasteiger partial charge in [-0.1, -0.05) is 35.3 Å². The van der Waals surface area contributed by atoms with E-state index in [-0.39, 0.29) is 69.7 Å². The summed E-state index contributed by atoms with van der Waals surface area (Å²) in [4.78, 5) is 35.2. The van der Waals surface area contributed by atoms with Crippen LogP contribution in [0.15, 0.2) is 102 Å². The topological polar surface area (TPSA) is 186 Å². The SMILES string of the molecule is COc1ccccc1-c1nccc(COc2ccc(O)cc2CC(Oc2ncnc3oc(-c4ccc(F)cc4)c(-c4cc(Cl)c(O[C@H](CO)CN5CCN(C)CC5)c(Cl)c4)c23)C(=O)O)n1. The summed E-state index contributed by atoms with van der Waals surface area (Å²) in [6.07, 6.45) is 0.244. The van der Waals surface area contributed by atoms with E-state index in [4.69, 9.17) is 46.6 Å². The first kappa shape index (κ1) is 45.0. The number of furan rings is 1. The minimum atomic E-state index is -1.59. The number of carboxylic acid groups (broad SMARTS) is 1. The van der Waals surface area contributed by atoms with Gasteiger partial charge in [-0.3, -0.25) is 4.90 Å². The number of phenolic OH excluding ortho intramolecular Hbond substituents is 1. The number of carboxylic acids is 1. The molecule has 0 amide bonds. The number of carbonyl (C=O) groups is 1. The molecule has 336 valence electrons. The second-order valence-electron chi connectivity index (χ2n) is 15.3. The predicted octanol–water partition coefficient (Wildman–Crippen LogP) is 7.81. The van der Waals surface area contributed by atoms with Crippen LogP contribution in [0.2, 0.25) is 10.0 Å². The summed E-state index contributed by atoms with van der Waals surface area (Å²) in [7, 11) is 3.62. The number of aliphatic hydroxyl groups is 1. The number of phenols is 1. The van der Waals surface area contributed by atoms with Crippen LogP contribution in [-0.4, -0.2) is 117 Å². The standard InChI is InChI=1S/C47H43Cl2FN6O9/c1-55-15-17-56(18-16-55)23-33(24-57)63-43-35(48)20-29(21-36(43)49)40-41-45(52-26-53-46(41)65-42(40)27-7-9-30(50)10-8-27)64-39(47(59)60)22-28-19-32(58)11-12-37(28)62-25-31-13-14-51-44(54-31)34-5-3-4-6-38(34)61-2/h3-14,19-21,26,33,39,57-58H,15-18,22-25H2,1-2H3,(H,59,60)/t33-,39?/m0/s1. The average Bonchev–Trinajstić information content (AvgIpc) is 3.71. The number of aliphatic hydroxyl groups excluding tert-OH is 1. The van der Waals surface area contributed by atoms with Crippen molar-refractivity contribution < 1.29 is 47.9 Å². The zero-order valence-corrected chi connectivity index (χ0v) is 36.7. The molecule has 1 aliphatic heterocycles. The van der Waals surface area contributed by atoms with E-state index in [0.29, 0.717) is 51.6 Å². The Morgan fingerprint density at radius 1 is 0.908 bits per heavy atom. The Hall–Kier alpha value is -6.56. The zero-order valence-electron chi connectivity index (χ0n) is 35.2. The van der Waals surface area contributed by atoms with Crippen molar-refractivity contribution in [2.75, 3.05) is 53.5 Å². The molecule has 0 aliphatic carbocycles. The van der Waals surface area contributed by atoms with Gasteiger partial charge in [0.15, 0.2) is 11.6 Å². The molecule has 7 aromatic rings. The van der Waals surface area contributed by atoms with Gasteiger partial charge in [0.25, 0.3) is 0 Å². The molecule has 3 N–H and O–H groups in total. The maximum Gasteiger partial charge on any atom is 0.345 e. The Morgan fingerprint density at radius 3 is 2.38 bits per heavy atom. The van der Waals surface area contributed by atoms with Crippen molar-refractivity contribution in [3.63, 3.8) is 0 Å². The van der Waals surface area contributed by atoms with Crippen LogP contribution in [-0.2, 0) is 17.8 Å². The monoisotopic (exact) mass is 924 g/mol. The Balaban J connectivity index is 1.11. The molecular formula is C47H43Cl2FN6O9. The van der Waals surface area contributed by atoms with Crippen LogP contribution < -0.4 is 18.9 Å². The molecule has 4 aromatic carbocycles. The molecule has 65 heavy (non-hydrogen) atoms. The number of halogens is 3. The van der Waals surface area contributed by atoms with Crippen molar-refractivity contribution in [3.05, 3.63) is 125 Å². The quantitative estimate of drug-likeness (QED) is 0.0802. The largest absolute Gasteiger partial charge is 0.508 e. The smallest absolute Gasteiger partial charge is 0.345 e. The molecule has 0 bridgehead atoms. The summed E-state index contributed by atoms with van der Waals surface area (Å²) >= 11 is 13.8. The number of piperazine rings is 1. The number of benzene rings is 4. The van der Waals surface area contributed by atoms with E-state index in [0.717, 1.165) is 32.5 Å². The molecule has 1 fully saturated rings. The van der Waals surface area contributed by atoms with E-state index < -0.39 is 24.0 Å². The lowest BCUT2D eigenvalue weighted by Gasteiger charge is -2.34. The van der Waals surface area contributed by atoms with Crippen LogP contribution in [0, 0.1) is 5.82 Å². The van der Waals surface area contributed by atoms with Gasteiger partial charge in [-0.05, 0) is 85.4 Å². The van der Waals surface area contributed by atoms with Crippen molar-refractivity contribution in [1.29, 1.82) is 0 Å². The number of hydrogen-bond acceptors (Lipinski definition) is 14. The van der Waals surface area contributed by atoms with E-state index in [1.54, 1.807) is 37.6 Å². The maximum absolute atomic E-state index is 14.2. The number of methoxy groups -OCH3 is 1. The van der Waals surface area contributed by atoms with Gasteiger partial charge in [-0.25, -0.2) is 29.1 Å². The number of rotatable bonds is 17. The number of fused-ring (bicyclic) bond motifs is 1. The van der Waals surface area contributed by atoms with E-state index in [1.165, 1.54) is 42.5 Å². The first-order chi connectivity index (χ1) is 31.5. The lowest BCUT2D eigenvalue weighted by Crippen LogP contribution is -2.48. The van der Waals surface area contributed by atoms with Gasteiger partial charge in [-0.15, -0.1) is 0 Å². The number of aliphatic carboxylic acids is 1. The first-order valence-corrected chi connectivity index (χ1v) is 21.2. The minimum Gasteiger partial charge on any atom is -0.508 e. The highest BCUT2D eigenvalue weighted by atomic mass is 35.5. The van der Waals surface area contributed by atoms with Crippen LogP contribution >= 0.6 is 23.2 Å². The zero-order chi connectivity index (χ0) is 45.6. The Kier molecular flexibility index (Phi) is 13.9. The van der Waals surface area contributed by atoms with Crippen molar-refractivity contribution in [1.82, 2.24) is 29.7 Å². The molecule has 3 aromatic heterocycles. The first-order valence-electron chi connectivity index (χ1n) is 20.5. The van der Waals surface area contributed by atoms with Crippen LogP contribution in [0.3, 0.4) is 0 Å². The molecule has 2 atom stereocenters. The Labute approximate surface area is 382 Å². The van der Waals surface area contributed by atoms with Crippen LogP contribution in [0.5, 0.6) is 28.9 Å². The van der Waals surface area contributed by atoms with Crippen molar-refractivity contribution in [2.24, 2.45) is 0 Å². The molecule has 15 nitrogen and oxygen atoms in total. The van der Waals surface area contributed by atoms with Crippen LogP contribution in [0.25, 0.3) is 44.9 Å². The second kappa shape index (κ2) is 20.1. The molecule has 1 aliphatic rings. The van der Waals surface area contributed by atoms with Crippen molar-refractivity contribution >= 4 is 40.3 Å². The average molecular weight is 926 g/mol. The molecular weight excluding hydrogens is 882 g/mol. The highest BCUT2D eigenvalue weighted by molar-refractivity contribution is 6.37. The van der Waals surface area contributed by atoms with Crippen molar-refractivity contribution in [2.45, 2.75) is 25.2 Å². The molecule has 0 radical (unpaired) electrons. The fourth-order valence-electron chi connectivity index (χ4n) is 7.48. The third kappa shape index (κ3) is 10.4. The lowest BCUT2D eigenvalue weighted by molar-refractivity contribution is -0.145. The van der Waals surface area contributed by atoms with Crippen LogP contribution in [0.4, 0.5) is 4.39 Å². The summed E-state index contributed by atoms with van der Waals surface area (Å²) in [6, 6.07) is 22.1. The fourth-order valence-corrected chi connectivity index (χ4v) is 8.05. The summed E-state index contributed by atoms with van der Waals surface area (Å²) in [5.41, 5.74) is 2.69. The van der Waals surface area contributed by atoms with E-state index in [1.807, 2.05) is 18.2 Å². The molecule has 1 unspecified atom stereocenters. The van der Waals surface area contributed by atoms with Gasteiger partial charge in [-0.2, -0.15) is 0 Å². The van der Waals surface area contributed by atoms with Crippen LogP contribution in [0.1, 0.15) is 11.3 Å². The van der Waals surface area contributed by atoms with Gasteiger partial charge < -0.3 is 43.6 Å². The van der Waals surface area contributed by atoms with E-state index >= 15 is 0 Å². The third-order valence-corrected chi connectivity index (χ3v) is 11.4. The van der Waals surface area contributed by atoms with Gasteiger partial charge >= 0.3 is 5.97 Å². The fraction of sp³-hybridized carbons (Fsp3) is 0.255. The number of ether oxygens (including phenoxy) is 4. The minimum absolute atomic E-state index is 0.0206. The van der Waals surface area contributed by atoms with Gasteiger partial charge in [0, 0.05) is 62.0 Å². The lowest BCUT2D eigenvalue weighted by atomic mass is 9.99. The highest BCUT2D eigenvalue weighted by Gasteiger charge is 2.30. The normalized spacial score (nSPS) is 14.2. The number of likely N-dealkylation sites (N-methyl/N-ethyl adjacent to an activating group) is 1. The maximum atomic E-state index is 14.2. The molecule has 0 saturated carbocycles. The van der Waals surface area contributed by atoms with Gasteiger partial charge in [0.05, 0.1) is 35.0 Å². The number of para-hydroxylation sites is 1. The van der Waals surface area contributed by atoms with E-state index in [2.05, 4.69) is 36.8 Å². The van der Waals surface area contributed by atoms with E-state index in [9.17, 15) is 24.5 Å². The second-order valence-corrected chi connectivity index (χ2v) is 16.1. The summed E-state index contributed by atoms with van der Waals surface area (Å²) in [5.74, 6) is -0.474. The summed E-state index contributed by atoms with van der Waals surface area (Å²) in [5, 5.41) is 31.8. The summed E-state index contributed by atoms with van der Waals surface area (Å²) in [6.45, 7) is 3.53. The van der Waals surface area contributed by atoms with Gasteiger partial charge in [0.2, 0.25) is 17.7 Å². The third-order valence-electron chi connectivity index (χ3n) is 10.8. The Morgan fingerprint density at radius 2 is 1.66 bits per heavy atom. The molecule has 8 rings (SSSR count). The number of hydrogen-bond donors (Lipinski definition) is 3. The predicted molar refractivity (Wildman–Crippen MR) is 240 cm³/mol. The molecule has 1 saturated heterocycles. The van der Waals surface area contributed by atoms with Gasteiger partial charge in [0.1, 0.15) is 53.3 Å². The van der Waals surface area contributed by atoms with Crippen molar-refractivity contribution in [3.8, 4) is 62.7 Å². The highest BCUT2D eigenvalue weighted by Crippen LogP contribution is 2.47. The number of aromatic hydroxyl groups is 1. The molecule has 18 heteroatoms. The number of aromatic nitrogens is 4. The molecule has 4 heterocycles. The summed E-state index contributed by atoms with van der Waals surface area (Å²) < 4.78 is 44.6. The Bertz CT molecular complexity index is 2780.